The van der Waals surface area contributed by atoms with E-state index in [4.69, 9.17) is 9.73 Å². The van der Waals surface area contributed by atoms with Gasteiger partial charge in [-0.3, -0.25) is 0 Å². The summed E-state index contributed by atoms with van der Waals surface area (Å²) in [4.78, 5) is 4.83. The molecule has 130 valence electrons. The maximum atomic E-state index is 9.69. The van der Waals surface area contributed by atoms with Gasteiger partial charge in [0, 0.05) is 12.1 Å². The molecule has 2 aliphatic rings. The fraction of sp³-hybridized carbons (Fsp3) is 0.550. The van der Waals surface area contributed by atoms with E-state index in [0.29, 0.717) is 18.4 Å². The third-order valence-electron chi connectivity index (χ3n) is 4.97. The quantitative estimate of drug-likeness (QED) is 0.844. The molecule has 0 saturated carbocycles. The Hall–Kier alpha value is -1.81. The van der Waals surface area contributed by atoms with Crippen molar-refractivity contribution in [2.45, 2.75) is 46.2 Å². The Morgan fingerprint density at radius 1 is 1.25 bits per heavy atom. The van der Waals surface area contributed by atoms with Gasteiger partial charge in [-0.05, 0) is 23.0 Å². The van der Waals surface area contributed by atoms with Gasteiger partial charge in [-0.25, -0.2) is 4.99 Å². The highest BCUT2D eigenvalue weighted by Crippen LogP contribution is 2.35. The van der Waals surface area contributed by atoms with Crippen molar-refractivity contribution in [3.8, 4) is 0 Å². The van der Waals surface area contributed by atoms with Crippen LogP contribution in [0, 0.1) is 11.8 Å². The first-order valence-corrected chi connectivity index (χ1v) is 8.91. The van der Waals surface area contributed by atoms with Crippen molar-refractivity contribution in [3.63, 3.8) is 0 Å². The second-order valence-corrected chi connectivity index (χ2v) is 7.42. The van der Waals surface area contributed by atoms with Crippen LogP contribution in [0.2, 0.25) is 0 Å². The molecular formula is C20H28N2O2. The van der Waals surface area contributed by atoms with E-state index < -0.39 is 0 Å². The smallest absolute Gasteiger partial charge is 0.218 e. The van der Waals surface area contributed by atoms with Crippen LogP contribution in [0.3, 0.4) is 0 Å². The van der Waals surface area contributed by atoms with Crippen LogP contribution in [0.25, 0.3) is 5.57 Å². The summed E-state index contributed by atoms with van der Waals surface area (Å²) in [5.74, 6) is 1.57. The number of hydrogen-bond acceptors (Lipinski definition) is 4. The monoisotopic (exact) mass is 328 g/mol. The van der Waals surface area contributed by atoms with Gasteiger partial charge in [-0.15, -0.1) is 0 Å². The zero-order valence-corrected chi connectivity index (χ0v) is 15.0. The molecule has 0 unspecified atom stereocenters. The predicted octanol–water partition coefficient (Wildman–Crippen LogP) is 3.01. The van der Waals surface area contributed by atoms with Gasteiger partial charge in [0.15, 0.2) is 0 Å². The first-order valence-electron chi connectivity index (χ1n) is 8.91. The molecule has 24 heavy (non-hydrogen) atoms. The second kappa shape index (κ2) is 6.98. The highest BCUT2D eigenvalue weighted by atomic mass is 16.5. The number of benzene rings is 1. The van der Waals surface area contributed by atoms with Crippen LogP contribution in [-0.4, -0.2) is 36.3 Å². The summed E-state index contributed by atoms with van der Waals surface area (Å²) in [7, 11) is 0. The van der Waals surface area contributed by atoms with Crippen molar-refractivity contribution in [2.75, 3.05) is 13.2 Å². The van der Waals surface area contributed by atoms with Gasteiger partial charge >= 0.3 is 0 Å². The molecule has 3 rings (SSSR count). The zero-order valence-electron chi connectivity index (χ0n) is 15.0. The van der Waals surface area contributed by atoms with Crippen LogP contribution in [0.4, 0.5) is 0 Å². The number of rotatable bonds is 6. The van der Waals surface area contributed by atoms with E-state index in [-0.39, 0.29) is 18.7 Å². The lowest BCUT2D eigenvalue weighted by Crippen LogP contribution is -2.37. The average Bonchev–Trinajstić information content (AvgIpc) is 3.16. The van der Waals surface area contributed by atoms with Crippen molar-refractivity contribution in [3.05, 3.63) is 41.1 Å². The normalized spacial score (nSPS) is 21.1. The summed E-state index contributed by atoms with van der Waals surface area (Å²) in [6.45, 7) is 9.36. The number of aliphatic hydroxyl groups is 1. The maximum absolute atomic E-state index is 9.69. The molecule has 1 aromatic rings. The third kappa shape index (κ3) is 3.20. The molecular weight excluding hydrogens is 300 g/mol. The summed E-state index contributed by atoms with van der Waals surface area (Å²) < 4.78 is 5.96. The molecule has 4 nitrogen and oxygen atoms in total. The SMILES string of the molecule is CC(C)[C@H]1COC(C2=C(N[C@H](CO)C(C)C)Cc3ccccc32)=N1. The third-order valence-corrected chi connectivity index (χ3v) is 4.97. The van der Waals surface area contributed by atoms with Gasteiger partial charge in [-0.1, -0.05) is 52.0 Å². The van der Waals surface area contributed by atoms with E-state index >= 15 is 0 Å². The van der Waals surface area contributed by atoms with Crippen LogP contribution in [0.1, 0.15) is 38.8 Å². The molecule has 2 N–H and O–H groups in total. The minimum absolute atomic E-state index is 0.0345. The summed E-state index contributed by atoms with van der Waals surface area (Å²) in [5, 5.41) is 13.2. The summed E-state index contributed by atoms with van der Waals surface area (Å²) in [6.07, 6.45) is 0.837. The Bertz CT molecular complexity index is 661. The topological polar surface area (TPSA) is 53.8 Å². The number of fused-ring (bicyclic) bond motifs is 1. The molecule has 1 heterocycles. The summed E-state index contributed by atoms with van der Waals surface area (Å²) in [6, 6.07) is 8.68. The molecule has 1 aromatic carbocycles. The lowest BCUT2D eigenvalue weighted by molar-refractivity contribution is 0.219. The van der Waals surface area contributed by atoms with E-state index in [9.17, 15) is 5.11 Å². The summed E-state index contributed by atoms with van der Waals surface area (Å²) >= 11 is 0. The fourth-order valence-electron chi connectivity index (χ4n) is 3.24. The average molecular weight is 328 g/mol. The standard InChI is InChI=1S/C20H28N2O2/c1-12(2)17(10-23)21-16-9-14-7-5-6-8-15(14)19(16)20-22-18(11-24-20)13(3)4/h5-8,12-13,17-18,21,23H,9-11H2,1-4H3/t17-,18-/m1/s1. The Labute approximate surface area is 144 Å². The van der Waals surface area contributed by atoms with E-state index in [0.717, 1.165) is 23.6 Å². The van der Waals surface area contributed by atoms with Crippen molar-refractivity contribution in [1.29, 1.82) is 0 Å². The van der Waals surface area contributed by atoms with E-state index in [1.807, 2.05) is 0 Å². The van der Waals surface area contributed by atoms with Crippen LogP contribution in [-0.2, 0) is 11.2 Å². The Kier molecular flexibility index (Phi) is 4.95. The first kappa shape index (κ1) is 17.0. The second-order valence-electron chi connectivity index (χ2n) is 7.42. The van der Waals surface area contributed by atoms with E-state index in [1.54, 1.807) is 0 Å². The van der Waals surface area contributed by atoms with Gasteiger partial charge in [-0.2, -0.15) is 0 Å². The van der Waals surface area contributed by atoms with Crippen LogP contribution < -0.4 is 5.32 Å². The Balaban J connectivity index is 1.98. The molecule has 0 radical (unpaired) electrons. The largest absolute Gasteiger partial charge is 0.475 e. The van der Waals surface area contributed by atoms with Crippen LogP contribution in [0.5, 0.6) is 0 Å². The number of nitrogens with zero attached hydrogens (tertiary/aromatic N) is 1. The van der Waals surface area contributed by atoms with Crippen molar-refractivity contribution >= 4 is 11.5 Å². The molecule has 0 aromatic heterocycles. The van der Waals surface area contributed by atoms with Gasteiger partial charge in [0.05, 0.1) is 24.3 Å². The number of hydrogen-bond donors (Lipinski definition) is 2. The van der Waals surface area contributed by atoms with Gasteiger partial charge < -0.3 is 15.2 Å². The van der Waals surface area contributed by atoms with Gasteiger partial charge in [0.1, 0.15) is 6.61 Å². The molecule has 2 atom stereocenters. The molecule has 1 aliphatic carbocycles. The van der Waals surface area contributed by atoms with Gasteiger partial charge in [0.2, 0.25) is 5.90 Å². The lowest BCUT2D eigenvalue weighted by Gasteiger charge is -2.23. The number of allylic oxidation sites excluding steroid dienone is 1. The van der Waals surface area contributed by atoms with E-state index in [2.05, 4.69) is 57.3 Å². The lowest BCUT2D eigenvalue weighted by atomic mass is 10.0. The van der Waals surface area contributed by atoms with Crippen molar-refractivity contribution in [1.82, 2.24) is 5.32 Å². The van der Waals surface area contributed by atoms with Crippen molar-refractivity contribution < 1.29 is 9.84 Å². The van der Waals surface area contributed by atoms with E-state index in [1.165, 1.54) is 11.1 Å². The van der Waals surface area contributed by atoms with Crippen molar-refractivity contribution in [2.24, 2.45) is 16.8 Å². The molecule has 0 fully saturated rings. The molecule has 0 amide bonds. The molecule has 0 spiro atoms. The highest BCUT2D eigenvalue weighted by molar-refractivity contribution is 6.22. The van der Waals surface area contributed by atoms with Crippen LogP contribution in [0.15, 0.2) is 35.0 Å². The summed E-state index contributed by atoms with van der Waals surface area (Å²) in [5.41, 5.74) is 4.68. The maximum Gasteiger partial charge on any atom is 0.218 e. The van der Waals surface area contributed by atoms with Gasteiger partial charge in [0.25, 0.3) is 0 Å². The minimum Gasteiger partial charge on any atom is -0.475 e. The highest BCUT2D eigenvalue weighted by Gasteiger charge is 2.32. The molecule has 4 heteroatoms. The Morgan fingerprint density at radius 2 is 2.00 bits per heavy atom. The minimum atomic E-state index is 0.0345. The number of aliphatic imine (C=N–C) groups is 1. The molecule has 1 aliphatic heterocycles. The van der Waals surface area contributed by atoms with Crippen LogP contribution >= 0.6 is 0 Å². The number of ether oxygens (including phenoxy) is 1. The number of aliphatic hydroxyl groups excluding tert-OH is 1. The zero-order chi connectivity index (χ0) is 17.3. The number of nitrogens with one attached hydrogen (secondary N) is 1. The molecule has 0 saturated heterocycles. The fourth-order valence-corrected chi connectivity index (χ4v) is 3.24. The first-order chi connectivity index (χ1) is 11.5. The predicted molar refractivity (Wildman–Crippen MR) is 97.9 cm³/mol. The molecule has 0 bridgehead atoms. The Morgan fingerprint density at radius 3 is 2.62 bits per heavy atom.